The fraction of sp³-hybridized carbons (Fsp3) is 0.458. The topological polar surface area (TPSA) is 68.5 Å². The number of anilines is 1. The molecule has 0 atom stereocenters. The molecule has 2 aromatic heterocycles. The highest BCUT2D eigenvalue weighted by molar-refractivity contribution is 5.65. The molecule has 8 nitrogen and oxygen atoms in total. The summed E-state index contributed by atoms with van der Waals surface area (Å²) < 4.78 is 39.9. The largest absolute Gasteiger partial charge is 0.493 e. The minimum absolute atomic E-state index is 0.292. The number of rotatable bonds is 8. The fourth-order valence-corrected chi connectivity index (χ4v) is 4.07. The number of ether oxygens (including phenoxy) is 2. The maximum atomic E-state index is 13.7. The van der Waals surface area contributed by atoms with E-state index in [1.165, 1.54) is 18.7 Å². The highest BCUT2D eigenvalue weighted by Crippen LogP contribution is 2.33. The maximum absolute atomic E-state index is 13.7. The average molecular weight is 473 g/mol. The maximum Gasteiger partial charge on any atom is 0.280 e. The minimum Gasteiger partial charge on any atom is -0.493 e. The summed E-state index contributed by atoms with van der Waals surface area (Å²) in [6, 6.07) is 6.58. The van der Waals surface area contributed by atoms with Gasteiger partial charge in [0, 0.05) is 56.6 Å². The number of piperazine rings is 1. The molecule has 0 radical (unpaired) electrons. The lowest BCUT2D eigenvalue weighted by Crippen LogP contribution is -2.46. The summed E-state index contributed by atoms with van der Waals surface area (Å²) in [6.45, 7) is 8.62. The Morgan fingerprint density at radius 3 is 2.35 bits per heavy atom. The second kappa shape index (κ2) is 10.3. The minimum atomic E-state index is -2.69. The lowest BCUT2D eigenvalue weighted by atomic mass is 10.1. The number of aromatic nitrogens is 4. The highest BCUT2D eigenvalue weighted by atomic mass is 19.3. The lowest BCUT2D eigenvalue weighted by molar-refractivity contribution is 0.146. The Balaban J connectivity index is 1.53. The number of nitrogens with zero attached hydrogens (tertiary/aromatic N) is 6. The van der Waals surface area contributed by atoms with Gasteiger partial charge in [-0.3, -0.25) is 9.58 Å². The Hall–Kier alpha value is -3.27. The van der Waals surface area contributed by atoms with Crippen molar-refractivity contribution in [1.29, 1.82) is 0 Å². The van der Waals surface area contributed by atoms with Gasteiger partial charge in [0.15, 0.2) is 11.5 Å². The number of hydrogen-bond acceptors (Lipinski definition) is 7. The third-order valence-corrected chi connectivity index (χ3v) is 6.06. The predicted octanol–water partition coefficient (Wildman–Crippen LogP) is 3.95. The standard InChI is InChI=1S/C24H30F2N6O2/c1-5-32-15-18(16(2)29-32)14-30-8-10-31(11-9-30)24-27-19(13-20(28-24)23(25)26)17-6-7-21(33-3)22(12-17)34-4/h6-7,12-13,15,23H,5,8-11,14H2,1-4H3. The first-order valence-corrected chi connectivity index (χ1v) is 11.3. The van der Waals surface area contributed by atoms with Crippen LogP contribution in [0.1, 0.15) is 30.3 Å². The van der Waals surface area contributed by atoms with Crippen LogP contribution in [-0.4, -0.2) is 65.0 Å². The van der Waals surface area contributed by atoms with E-state index in [9.17, 15) is 8.78 Å². The van der Waals surface area contributed by atoms with Gasteiger partial charge < -0.3 is 14.4 Å². The molecule has 0 aliphatic carbocycles. The van der Waals surface area contributed by atoms with Gasteiger partial charge in [-0.2, -0.15) is 5.10 Å². The van der Waals surface area contributed by atoms with E-state index < -0.39 is 6.43 Å². The number of benzene rings is 1. The molecule has 1 fully saturated rings. The summed E-state index contributed by atoms with van der Waals surface area (Å²) in [4.78, 5) is 13.1. The van der Waals surface area contributed by atoms with Crippen LogP contribution in [0, 0.1) is 6.92 Å². The predicted molar refractivity (Wildman–Crippen MR) is 126 cm³/mol. The van der Waals surface area contributed by atoms with Gasteiger partial charge in [-0.15, -0.1) is 0 Å². The molecule has 182 valence electrons. The van der Waals surface area contributed by atoms with Crippen molar-refractivity contribution >= 4 is 5.95 Å². The number of halogens is 2. The van der Waals surface area contributed by atoms with Crippen LogP contribution in [0.5, 0.6) is 11.5 Å². The van der Waals surface area contributed by atoms with Crippen LogP contribution in [0.3, 0.4) is 0 Å². The van der Waals surface area contributed by atoms with Gasteiger partial charge in [-0.25, -0.2) is 18.7 Å². The molecular weight excluding hydrogens is 442 g/mol. The Morgan fingerprint density at radius 1 is 1.00 bits per heavy atom. The van der Waals surface area contributed by atoms with Crippen molar-refractivity contribution in [3.8, 4) is 22.8 Å². The monoisotopic (exact) mass is 472 g/mol. The second-order valence-electron chi connectivity index (χ2n) is 8.21. The zero-order valence-electron chi connectivity index (χ0n) is 20.0. The molecule has 4 rings (SSSR count). The van der Waals surface area contributed by atoms with Crippen LogP contribution in [0.2, 0.25) is 0 Å². The van der Waals surface area contributed by atoms with E-state index in [-0.39, 0.29) is 5.69 Å². The molecule has 1 aromatic carbocycles. The van der Waals surface area contributed by atoms with Crippen LogP contribution in [0.25, 0.3) is 11.3 Å². The average Bonchev–Trinajstić information content (AvgIpc) is 3.22. The summed E-state index contributed by atoms with van der Waals surface area (Å²) in [6.07, 6.45) is -0.605. The molecule has 0 unspecified atom stereocenters. The van der Waals surface area contributed by atoms with Crippen LogP contribution in [-0.2, 0) is 13.1 Å². The van der Waals surface area contributed by atoms with E-state index >= 15 is 0 Å². The van der Waals surface area contributed by atoms with Crippen LogP contribution in [0.4, 0.5) is 14.7 Å². The first-order valence-electron chi connectivity index (χ1n) is 11.3. The van der Waals surface area contributed by atoms with Gasteiger partial charge in [0.2, 0.25) is 5.95 Å². The van der Waals surface area contributed by atoms with E-state index in [0.29, 0.717) is 41.8 Å². The zero-order chi connectivity index (χ0) is 24.2. The molecule has 0 bridgehead atoms. The molecule has 1 aliphatic rings. The quantitative estimate of drug-likeness (QED) is 0.492. The molecule has 0 saturated carbocycles. The van der Waals surface area contributed by atoms with E-state index in [4.69, 9.17) is 9.47 Å². The van der Waals surface area contributed by atoms with Crippen molar-refractivity contribution < 1.29 is 18.3 Å². The van der Waals surface area contributed by atoms with Crippen molar-refractivity contribution in [2.24, 2.45) is 0 Å². The van der Waals surface area contributed by atoms with Gasteiger partial charge in [0.25, 0.3) is 6.43 Å². The summed E-state index contributed by atoms with van der Waals surface area (Å²) in [5.41, 5.74) is 3.04. The Labute approximate surface area is 198 Å². The van der Waals surface area contributed by atoms with Crippen molar-refractivity contribution in [3.05, 3.63) is 47.4 Å². The number of alkyl halides is 2. The third-order valence-electron chi connectivity index (χ3n) is 6.06. The van der Waals surface area contributed by atoms with E-state index in [2.05, 4.69) is 33.1 Å². The molecule has 3 heterocycles. The summed E-state index contributed by atoms with van der Waals surface area (Å²) in [5.74, 6) is 1.39. The molecule has 1 aliphatic heterocycles. The van der Waals surface area contributed by atoms with Crippen molar-refractivity contribution in [3.63, 3.8) is 0 Å². The zero-order valence-corrected chi connectivity index (χ0v) is 20.0. The fourth-order valence-electron chi connectivity index (χ4n) is 4.07. The molecule has 10 heteroatoms. The SMILES string of the molecule is CCn1cc(CN2CCN(c3nc(-c4ccc(OC)c(OC)c4)cc(C(F)F)n3)CC2)c(C)n1. The molecule has 0 amide bonds. The first kappa shape index (κ1) is 23.9. The number of hydrogen-bond donors (Lipinski definition) is 0. The van der Waals surface area contributed by atoms with Crippen LogP contribution < -0.4 is 14.4 Å². The summed E-state index contributed by atoms with van der Waals surface area (Å²) in [7, 11) is 3.08. The molecule has 3 aromatic rings. The lowest BCUT2D eigenvalue weighted by Gasteiger charge is -2.34. The molecule has 0 spiro atoms. The molecule has 0 N–H and O–H groups in total. The van der Waals surface area contributed by atoms with Crippen molar-refractivity contribution in [2.45, 2.75) is 33.4 Å². The van der Waals surface area contributed by atoms with Gasteiger partial charge in [0.05, 0.1) is 25.6 Å². The summed E-state index contributed by atoms with van der Waals surface area (Å²) in [5, 5.41) is 4.52. The van der Waals surface area contributed by atoms with Gasteiger partial charge in [-0.05, 0) is 38.1 Å². The normalized spacial score (nSPS) is 14.6. The van der Waals surface area contributed by atoms with Gasteiger partial charge >= 0.3 is 0 Å². The third kappa shape index (κ3) is 5.11. The number of aryl methyl sites for hydroxylation is 2. The Bertz CT molecular complexity index is 1130. The van der Waals surface area contributed by atoms with Crippen molar-refractivity contribution in [1.82, 2.24) is 24.6 Å². The Kier molecular flexibility index (Phi) is 7.26. The van der Waals surface area contributed by atoms with E-state index in [0.717, 1.165) is 31.9 Å². The molecule has 34 heavy (non-hydrogen) atoms. The van der Waals surface area contributed by atoms with Crippen molar-refractivity contribution in [2.75, 3.05) is 45.3 Å². The van der Waals surface area contributed by atoms with Crippen LogP contribution >= 0.6 is 0 Å². The summed E-state index contributed by atoms with van der Waals surface area (Å²) >= 11 is 0. The van der Waals surface area contributed by atoms with E-state index in [1.807, 2.05) is 16.5 Å². The van der Waals surface area contributed by atoms with Gasteiger partial charge in [-0.1, -0.05) is 0 Å². The molecular formula is C24H30F2N6O2. The second-order valence-corrected chi connectivity index (χ2v) is 8.21. The van der Waals surface area contributed by atoms with E-state index in [1.54, 1.807) is 25.3 Å². The molecule has 1 saturated heterocycles. The van der Waals surface area contributed by atoms with Crippen LogP contribution in [0.15, 0.2) is 30.5 Å². The number of methoxy groups -OCH3 is 2. The smallest absolute Gasteiger partial charge is 0.280 e. The Morgan fingerprint density at radius 2 is 1.74 bits per heavy atom. The van der Waals surface area contributed by atoms with Gasteiger partial charge in [0.1, 0.15) is 5.69 Å². The first-order chi connectivity index (χ1) is 16.4. The highest BCUT2D eigenvalue weighted by Gasteiger charge is 2.23.